The Balaban J connectivity index is 2.19. The van der Waals surface area contributed by atoms with Gasteiger partial charge in [-0.1, -0.05) is 36.4 Å². The normalized spacial score (nSPS) is 10.7. The van der Waals surface area contributed by atoms with Crippen molar-refractivity contribution in [2.24, 2.45) is 0 Å². The monoisotopic (exact) mass is 311 g/mol. The number of carbonyl (C=O) groups is 2. The second-order valence-corrected chi connectivity index (χ2v) is 5.71. The molecule has 0 bridgehead atoms. The molecule has 2 aromatic rings. The molecule has 0 heterocycles. The molecule has 0 saturated carbocycles. The predicted molar refractivity (Wildman–Crippen MR) is 91.7 cm³/mol. The number of anilines is 2. The third-order valence-electron chi connectivity index (χ3n) is 3.48. The Kier molecular flexibility index (Phi) is 5.01. The molecule has 0 radical (unpaired) electrons. The van der Waals surface area contributed by atoms with E-state index in [9.17, 15) is 9.59 Å². The quantitative estimate of drug-likeness (QED) is 0.833. The molecule has 2 N–H and O–H groups in total. The maximum Gasteiger partial charge on any atom is 0.251 e. The summed E-state index contributed by atoms with van der Waals surface area (Å²) in [7, 11) is 0. The zero-order valence-corrected chi connectivity index (χ0v) is 13.5. The van der Waals surface area contributed by atoms with Crippen LogP contribution in [0, 0.1) is 0 Å². The molecule has 0 saturated heterocycles. The minimum atomic E-state index is -1.07. The Labute approximate surface area is 136 Å². The summed E-state index contributed by atoms with van der Waals surface area (Å²) in [6, 6.07) is 18.4. The van der Waals surface area contributed by atoms with Crippen molar-refractivity contribution in [3.63, 3.8) is 0 Å². The summed E-state index contributed by atoms with van der Waals surface area (Å²) >= 11 is 0. The van der Waals surface area contributed by atoms with Crippen LogP contribution < -0.4 is 10.7 Å². The molecule has 0 aliphatic carbocycles. The first kappa shape index (κ1) is 16.5. The van der Waals surface area contributed by atoms with Crippen LogP contribution in [0.2, 0.25) is 0 Å². The van der Waals surface area contributed by atoms with Gasteiger partial charge in [-0.3, -0.25) is 15.0 Å². The van der Waals surface area contributed by atoms with Gasteiger partial charge in [0.05, 0.1) is 5.69 Å². The second-order valence-electron chi connectivity index (χ2n) is 5.71. The minimum absolute atomic E-state index is 0.248. The van der Waals surface area contributed by atoms with Gasteiger partial charge in [0.1, 0.15) is 5.54 Å². The summed E-state index contributed by atoms with van der Waals surface area (Å²) in [5.41, 5.74) is 3.36. The highest BCUT2D eigenvalue weighted by atomic mass is 16.2. The molecule has 23 heavy (non-hydrogen) atoms. The average Bonchev–Trinajstić information content (AvgIpc) is 2.54. The van der Waals surface area contributed by atoms with Crippen LogP contribution in [-0.4, -0.2) is 22.4 Å². The highest BCUT2D eigenvalue weighted by Gasteiger charge is 2.37. The number of nitrogens with zero attached hydrogens (tertiary/aromatic N) is 1. The topological polar surface area (TPSA) is 61.4 Å². The van der Waals surface area contributed by atoms with E-state index in [4.69, 9.17) is 0 Å². The fraction of sp³-hybridized carbons (Fsp3) is 0.222. The molecular formula is C18H21N3O2. The zero-order chi connectivity index (χ0) is 16.9. The predicted octanol–water partition coefficient (Wildman–Crippen LogP) is 3.28. The highest BCUT2D eigenvalue weighted by Crippen LogP contribution is 2.20. The zero-order valence-electron chi connectivity index (χ0n) is 13.5. The summed E-state index contributed by atoms with van der Waals surface area (Å²) in [6.45, 7) is 4.82. The van der Waals surface area contributed by atoms with Crippen molar-refractivity contribution in [2.45, 2.75) is 26.3 Å². The first-order valence-corrected chi connectivity index (χ1v) is 7.40. The van der Waals surface area contributed by atoms with Crippen molar-refractivity contribution in [2.75, 3.05) is 10.7 Å². The minimum Gasteiger partial charge on any atom is -0.324 e. The van der Waals surface area contributed by atoms with E-state index >= 15 is 0 Å². The Hall–Kier alpha value is -2.82. The molecule has 0 aliphatic heterocycles. The van der Waals surface area contributed by atoms with Crippen molar-refractivity contribution in [3.8, 4) is 0 Å². The summed E-state index contributed by atoms with van der Waals surface area (Å²) < 4.78 is 0. The molecule has 0 spiro atoms. The third kappa shape index (κ3) is 4.10. The van der Waals surface area contributed by atoms with Crippen LogP contribution in [0.1, 0.15) is 20.8 Å². The van der Waals surface area contributed by atoms with Crippen LogP contribution in [0.5, 0.6) is 0 Å². The van der Waals surface area contributed by atoms with Crippen LogP contribution in [0.3, 0.4) is 0 Å². The molecule has 2 rings (SSSR count). The van der Waals surface area contributed by atoms with E-state index in [1.54, 1.807) is 26.0 Å². The highest BCUT2D eigenvalue weighted by molar-refractivity contribution is 6.00. The van der Waals surface area contributed by atoms with E-state index in [-0.39, 0.29) is 11.8 Å². The van der Waals surface area contributed by atoms with Crippen molar-refractivity contribution >= 4 is 23.2 Å². The molecule has 2 aromatic carbocycles. The number of amides is 2. The second kappa shape index (κ2) is 6.96. The Morgan fingerprint density at radius 2 is 1.35 bits per heavy atom. The Morgan fingerprint density at radius 1 is 0.870 bits per heavy atom. The van der Waals surface area contributed by atoms with E-state index in [1.165, 1.54) is 11.9 Å². The SMILES string of the molecule is CC(=O)N(Nc1ccccc1)C(C)(C)C(=O)Nc1ccccc1. The van der Waals surface area contributed by atoms with Gasteiger partial charge < -0.3 is 5.32 Å². The number of hydrazine groups is 1. The number of nitrogens with one attached hydrogen (secondary N) is 2. The first-order valence-electron chi connectivity index (χ1n) is 7.40. The molecule has 2 amide bonds. The first-order chi connectivity index (χ1) is 10.9. The van der Waals surface area contributed by atoms with Crippen LogP contribution >= 0.6 is 0 Å². The molecule has 0 aliphatic rings. The van der Waals surface area contributed by atoms with Gasteiger partial charge >= 0.3 is 0 Å². The number of para-hydroxylation sites is 2. The molecule has 0 aromatic heterocycles. The molecule has 5 heteroatoms. The lowest BCUT2D eigenvalue weighted by Gasteiger charge is -2.37. The van der Waals surface area contributed by atoms with E-state index in [2.05, 4.69) is 10.7 Å². The molecule has 0 atom stereocenters. The van der Waals surface area contributed by atoms with E-state index < -0.39 is 5.54 Å². The number of carbonyl (C=O) groups excluding carboxylic acids is 2. The van der Waals surface area contributed by atoms with Gasteiger partial charge in [0.25, 0.3) is 5.91 Å². The van der Waals surface area contributed by atoms with Crippen LogP contribution in [0.25, 0.3) is 0 Å². The number of rotatable bonds is 5. The van der Waals surface area contributed by atoms with Crippen molar-refractivity contribution in [1.82, 2.24) is 5.01 Å². The fourth-order valence-electron chi connectivity index (χ4n) is 2.16. The summed E-state index contributed by atoms with van der Waals surface area (Å²) in [5.74, 6) is -0.524. The van der Waals surface area contributed by atoms with Gasteiger partial charge in [0.2, 0.25) is 5.91 Å². The van der Waals surface area contributed by atoms with Crippen molar-refractivity contribution in [1.29, 1.82) is 0 Å². The maximum atomic E-state index is 12.6. The van der Waals surface area contributed by atoms with Gasteiger partial charge in [-0.05, 0) is 38.1 Å². The summed E-state index contributed by atoms with van der Waals surface area (Å²) in [4.78, 5) is 24.7. The molecule has 0 unspecified atom stereocenters. The molecule has 5 nitrogen and oxygen atoms in total. The molecule has 0 fully saturated rings. The Morgan fingerprint density at radius 3 is 1.83 bits per heavy atom. The van der Waals surface area contributed by atoms with Crippen LogP contribution in [0.4, 0.5) is 11.4 Å². The molecular weight excluding hydrogens is 290 g/mol. The lowest BCUT2D eigenvalue weighted by atomic mass is 10.0. The maximum absolute atomic E-state index is 12.6. The van der Waals surface area contributed by atoms with Crippen molar-refractivity contribution < 1.29 is 9.59 Å². The van der Waals surface area contributed by atoms with Crippen molar-refractivity contribution in [3.05, 3.63) is 60.7 Å². The average molecular weight is 311 g/mol. The smallest absolute Gasteiger partial charge is 0.251 e. The third-order valence-corrected chi connectivity index (χ3v) is 3.48. The standard InChI is InChI=1S/C18H21N3O2/c1-14(22)21(20-16-12-8-5-9-13-16)18(2,3)17(23)19-15-10-6-4-7-11-15/h4-13,20H,1-3H3,(H,19,23). The lowest BCUT2D eigenvalue weighted by Crippen LogP contribution is -2.57. The van der Waals surface area contributed by atoms with E-state index in [1.807, 2.05) is 48.5 Å². The number of benzene rings is 2. The van der Waals surface area contributed by atoms with Crippen LogP contribution in [0.15, 0.2) is 60.7 Å². The number of hydrogen-bond donors (Lipinski definition) is 2. The number of hydrogen-bond acceptors (Lipinski definition) is 3. The summed E-state index contributed by atoms with van der Waals surface area (Å²) in [5, 5.41) is 4.16. The van der Waals surface area contributed by atoms with Gasteiger partial charge in [-0.15, -0.1) is 0 Å². The van der Waals surface area contributed by atoms with Gasteiger partial charge in [0.15, 0.2) is 0 Å². The Bertz CT molecular complexity index is 669. The van der Waals surface area contributed by atoms with E-state index in [0.717, 1.165) is 5.69 Å². The van der Waals surface area contributed by atoms with E-state index in [0.29, 0.717) is 5.69 Å². The van der Waals surface area contributed by atoms with Gasteiger partial charge in [-0.2, -0.15) is 0 Å². The summed E-state index contributed by atoms with van der Waals surface area (Å²) in [6.07, 6.45) is 0. The fourth-order valence-corrected chi connectivity index (χ4v) is 2.16. The molecule has 120 valence electrons. The lowest BCUT2D eigenvalue weighted by molar-refractivity contribution is -0.140. The van der Waals surface area contributed by atoms with Gasteiger partial charge in [-0.25, -0.2) is 5.01 Å². The van der Waals surface area contributed by atoms with Crippen LogP contribution in [-0.2, 0) is 9.59 Å². The largest absolute Gasteiger partial charge is 0.324 e. The van der Waals surface area contributed by atoms with Gasteiger partial charge in [0, 0.05) is 12.6 Å².